The van der Waals surface area contributed by atoms with Crippen molar-refractivity contribution in [2.24, 2.45) is 7.05 Å². The molecule has 3 aliphatic heterocycles. The Morgan fingerprint density at radius 2 is 1.68 bits per heavy atom. The summed E-state index contributed by atoms with van der Waals surface area (Å²) in [6, 6.07) is 15.9. The highest BCUT2D eigenvalue weighted by molar-refractivity contribution is 6.05. The van der Waals surface area contributed by atoms with Gasteiger partial charge < -0.3 is 10.4 Å². The van der Waals surface area contributed by atoms with Crippen molar-refractivity contribution in [3.8, 4) is 6.07 Å². The molecule has 15 nitrogen and oxygen atoms in total. The van der Waals surface area contributed by atoms with E-state index in [2.05, 4.69) is 77.3 Å². The number of carbonyl (C=O) groups excluding carboxylic acids is 3. The number of nitriles is 1. The van der Waals surface area contributed by atoms with Gasteiger partial charge in [-0.15, -0.1) is 0 Å². The van der Waals surface area contributed by atoms with Gasteiger partial charge in [-0.3, -0.25) is 39.1 Å². The second-order valence-electron chi connectivity index (χ2n) is 19.1. The molecule has 1 atom stereocenters. The fourth-order valence-corrected chi connectivity index (χ4v) is 11.5. The molecule has 6 aliphatic rings. The molecule has 322 valence electrons. The molecule has 5 aromatic rings. The fourth-order valence-electron chi connectivity index (χ4n) is 11.5. The van der Waals surface area contributed by atoms with Crippen LogP contribution in [0.25, 0.3) is 16.4 Å². The first kappa shape index (κ1) is 40.4. The Hall–Kier alpha value is -5.69. The lowest BCUT2D eigenvalue weighted by atomic mass is 9.60. The van der Waals surface area contributed by atoms with Crippen LogP contribution in [0.2, 0.25) is 0 Å². The van der Waals surface area contributed by atoms with Crippen LogP contribution in [0.1, 0.15) is 111 Å². The summed E-state index contributed by atoms with van der Waals surface area (Å²) in [5.41, 5.74) is 3.25. The summed E-state index contributed by atoms with van der Waals surface area (Å²) in [5.74, 6) is 0.162. The summed E-state index contributed by atoms with van der Waals surface area (Å²) in [6.07, 6.45) is 15.6. The van der Waals surface area contributed by atoms with Gasteiger partial charge in [-0.25, -0.2) is 9.08 Å². The average molecular weight is 839 g/mol. The number of piperazine rings is 1. The van der Waals surface area contributed by atoms with Crippen molar-refractivity contribution in [3.63, 3.8) is 0 Å². The Morgan fingerprint density at radius 3 is 2.35 bits per heavy atom. The van der Waals surface area contributed by atoms with Crippen LogP contribution >= 0.6 is 0 Å². The van der Waals surface area contributed by atoms with Crippen molar-refractivity contribution in [1.82, 2.24) is 34.5 Å². The maximum absolute atomic E-state index is 13.6. The number of anilines is 2. The standard InChI is InChI=1S/C47H55N11O4/c1-45(2,62)37-26-38-33(25-39(37)50-44(61)40-7-5-35-24-31(27-48)28-49-58(35)40)30-57(52-38)47-15-12-46(13-16-47,14-17-47)56-22-20-54(21-23-56)34-10-18-55(19-11-34)42-9-4-32(29-53(42)3)36-6-8-41(59)51-43(36)60/h4-5,7,9,24-26,28-30,34,36,62H,6,8,10-23H2,1-3H3,(H-,50,51,59,60,61)/p+1. The molecule has 3 saturated heterocycles. The zero-order chi connectivity index (χ0) is 43.0. The van der Waals surface area contributed by atoms with E-state index in [0.29, 0.717) is 46.9 Å². The van der Waals surface area contributed by atoms with Gasteiger partial charge in [-0.1, -0.05) is 0 Å². The number of amides is 3. The van der Waals surface area contributed by atoms with Gasteiger partial charge in [-0.2, -0.15) is 15.5 Å². The number of aromatic nitrogens is 5. The molecule has 3 amide bonds. The number of hydrogen-bond acceptors (Lipinski definition) is 10. The van der Waals surface area contributed by atoms with E-state index in [1.54, 1.807) is 32.0 Å². The fraction of sp³-hybridized carbons (Fsp3) is 0.511. The summed E-state index contributed by atoms with van der Waals surface area (Å²) >= 11 is 0. The van der Waals surface area contributed by atoms with Gasteiger partial charge in [0.25, 0.3) is 11.7 Å². The number of aryl methyl sites for hydroxylation is 1. The molecule has 7 heterocycles. The van der Waals surface area contributed by atoms with Crippen LogP contribution in [0.5, 0.6) is 0 Å². The normalized spacial score (nSPS) is 25.3. The second-order valence-corrected chi connectivity index (χ2v) is 19.1. The van der Waals surface area contributed by atoms with E-state index in [1.165, 1.54) is 16.5 Å². The van der Waals surface area contributed by atoms with Crippen LogP contribution in [0.3, 0.4) is 0 Å². The Kier molecular flexibility index (Phi) is 9.96. The van der Waals surface area contributed by atoms with E-state index in [4.69, 9.17) is 5.10 Å². The van der Waals surface area contributed by atoms with Crippen LogP contribution in [0, 0.1) is 11.3 Å². The Labute approximate surface area is 361 Å². The van der Waals surface area contributed by atoms with Crippen molar-refractivity contribution in [3.05, 3.63) is 83.4 Å². The maximum Gasteiger partial charge on any atom is 0.276 e. The zero-order valence-corrected chi connectivity index (χ0v) is 35.9. The van der Waals surface area contributed by atoms with E-state index >= 15 is 0 Å². The lowest BCUT2D eigenvalue weighted by Gasteiger charge is -2.59. The first-order valence-electron chi connectivity index (χ1n) is 22.3. The largest absolute Gasteiger partial charge is 0.386 e. The third-order valence-electron chi connectivity index (χ3n) is 15.1. The quantitative estimate of drug-likeness (QED) is 0.150. The third kappa shape index (κ3) is 7.11. The Balaban J connectivity index is 0.760. The molecule has 15 heteroatoms. The van der Waals surface area contributed by atoms with E-state index in [9.17, 15) is 24.8 Å². The number of aliphatic hydroxyl groups is 1. The van der Waals surface area contributed by atoms with Crippen LogP contribution in [0.15, 0.2) is 61.1 Å². The number of nitrogens with one attached hydrogen (secondary N) is 2. The first-order chi connectivity index (χ1) is 29.8. The summed E-state index contributed by atoms with van der Waals surface area (Å²) in [6.45, 7) is 9.90. The number of pyridine rings is 1. The summed E-state index contributed by atoms with van der Waals surface area (Å²) in [7, 11) is 2.06. The predicted molar refractivity (Wildman–Crippen MR) is 232 cm³/mol. The van der Waals surface area contributed by atoms with Gasteiger partial charge in [0.1, 0.15) is 11.8 Å². The molecule has 3 aliphatic carbocycles. The molecule has 6 fully saturated rings. The lowest BCUT2D eigenvalue weighted by Crippen LogP contribution is -2.64. The van der Waals surface area contributed by atoms with Crippen molar-refractivity contribution >= 4 is 45.6 Å². The van der Waals surface area contributed by atoms with E-state index in [0.717, 1.165) is 107 Å². The summed E-state index contributed by atoms with van der Waals surface area (Å²) in [5, 5.41) is 36.5. The molecule has 2 bridgehead atoms. The monoisotopic (exact) mass is 838 g/mol. The highest BCUT2D eigenvalue weighted by atomic mass is 16.3. The highest BCUT2D eigenvalue weighted by Crippen LogP contribution is 2.54. The second kappa shape index (κ2) is 15.3. The number of piperidine rings is 2. The molecular weight excluding hydrogens is 783 g/mol. The van der Waals surface area contributed by atoms with Crippen LogP contribution in [-0.4, -0.2) is 103 Å². The Morgan fingerprint density at radius 1 is 0.952 bits per heavy atom. The summed E-state index contributed by atoms with van der Waals surface area (Å²) < 4.78 is 5.86. The first-order valence-corrected chi connectivity index (χ1v) is 22.3. The average Bonchev–Trinajstić information content (AvgIpc) is 3.91. The molecular formula is C47H56N11O4+. The van der Waals surface area contributed by atoms with Crippen LogP contribution < -0.4 is 20.1 Å². The van der Waals surface area contributed by atoms with Crippen LogP contribution in [0.4, 0.5) is 11.5 Å². The number of carbonyl (C=O) groups is 3. The number of hydrogen-bond donors (Lipinski definition) is 3. The van der Waals surface area contributed by atoms with Gasteiger partial charge in [0.05, 0.1) is 66.2 Å². The van der Waals surface area contributed by atoms with Crippen LogP contribution in [-0.2, 0) is 27.8 Å². The SMILES string of the molecule is C[n+]1cc(C2CCC(=O)NC2=O)ccc1N1CCC(N2CCN(C34CCC(n5cc6cc(NC(=O)c7ccc8cc(C#N)cnn78)c(C(C)(C)O)cc6n5)(CC3)CC4)CC2)CC1. The van der Waals surface area contributed by atoms with Crippen molar-refractivity contribution in [2.75, 3.05) is 49.5 Å². The van der Waals surface area contributed by atoms with Gasteiger partial charge in [0.15, 0.2) is 0 Å². The molecule has 0 radical (unpaired) electrons. The highest BCUT2D eigenvalue weighted by Gasteiger charge is 2.53. The Bertz CT molecular complexity index is 2610. The van der Waals surface area contributed by atoms with Crippen molar-refractivity contribution in [2.45, 2.75) is 107 Å². The number of nitrogens with zero attached hydrogens (tertiary/aromatic N) is 9. The number of benzene rings is 1. The zero-order valence-electron chi connectivity index (χ0n) is 35.9. The van der Waals surface area contributed by atoms with Gasteiger partial charge in [-0.05, 0) is 95.2 Å². The van der Waals surface area contributed by atoms with E-state index < -0.39 is 5.60 Å². The molecule has 3 saturated carbocycles. The summed E-state index contributed by atoms with van der Waals surface area (Å²) in [4.78, 5) is 45.8. The molecule has 62 heavy (non-hydrogen) atoms. The molecule has 1 aromatic carbocycles. The number of imide groups is 1. The van der Waals surface area contributed by atoms with Crippen molar-refractivity contribution < 1.29 is 24.1 Å². The van der Waals surface area contributed by atoms with Crippen molar-refractivity contribution in [1.29, 1.82) is 5.26 Å². The minimum Gasteiger partial charge on any atom is -0.386 e. The predicted octanol–water partition coefficient (Wildman–Crippen LogP) is 4.47. The van der Waals surface area contributed by atoms with E-state index in [-0.39, 0.29) is 34.7 Å². The minimum atomic E-state index is -1.23. The van der Waals surface area contributed by atoms with Gasteiger partial charge >= 0.3 is 0 Å². The topological polar surface area (TPSA) is 168 Å². The maximum atomic E-state index is 13.6. The molecule has 11 rings (SSSR count). The molecule has 0 spiro atoms. The minimum absolute atomic E-state index is 0.0461. The lowest BCUT2D eigenvalue weighted by molar-refractivity contribution is -0.659. The van der Waals surface area contributed by atoms with Gasteiger partial charge in [0.2, 0.25) is 11.8 Å². The smallest absolute Gasteiger partial charge is 0.276 e. The third-order valence-corrected chi connectivity index (χ3v) is 15.1. The molecule has 1 unspecified atom stereocenters. The molecule has 3 N–H and O–H groups in total. The number of rotatable bonds is 8. The number of fused-ring (bicyclic) bond motifs is 5. The van der Waals surface area contributed by atoms with E-state index in [1.807, 2.05) is 12.1 Å². The van der Waals surface area contributed by atoms with Gasteiger partial charge in [0, 0.05) is 91.5 Å². The molecule has 4 aromatic heterocycles.